The van der Waals surface area contributed by atoms with E-state index in [9.17, 15) is 0 Å². The third kappa shape index (κ3) is 3.90. The van der Waals surface area contributed by atoms with E-state index in [0.29, 0.717) is 0 Å². The summed E-state index contributed by atoms with van der Waals surface area (Å²) in [5.41, 5.74) is 4.79. The zero-order chi connectivity index (χ0) is 16.9. The monoisotopic (exact) mass is 328 g/mol. The Morgan fingerprint density at radius 1 is 1.21 bits per heavy atom. The molecule has 2 aromatic rings. The Hall–Kier alpha value is -2.01. The van der Waals surface area contributed by atoms with Crippen molar-refractivity contribution in [2.45, 2.75) is 39.3 Å². The van der Waals surface area contributed by atoms with Crippen molar-refractivity contribution in [2.24, 2.45) is 7.05 Å². The molecular formula is C19H28N4O. The molecule has 0 aliphatic carbocycles. The van der Waals surface area contributed by atoms with Gasteiger partial charge in [-0.05, 0) is 50.6 Å². The molecule has 3 rings (SSSR count). The zero-order valence-corrected chi connectivity index (χ0v) is 15.0. The van der Waals surface area contributed by atoms with Gasteiger partial charge in [0.05, 0.1) is 24.7 Å². The molecule has 5 nitrogen and oxygen atoms in total. The van der Waals surface area contributed by atoms with Crippen LogP contribution in [0.2, 0.25) is 0 Å². The molecule has 0 spiro atoms. The lowest BCUT2D eigenvalue weighted by molar-refractivity contribution is 0.218. The molecule has 5 heteroatoms. The average molecular weight is 328 g/mol. The molecule has 2 heterocycles. The minimum atomic E-state index is 0.795. The molecule has 1 saturated heterocycles. The molecule has 0 atom stereocenters. The van der Waals surface area contributed by atoms with Gasteiger partial charge in [-0.3, -0.25) is 9.58 Å². The van der Waals surface area contributed by atoms with Gasteiger partial charge in [0.2, 0.25) is 0 Å². The van der Waals surface area contributed by atoms with Gasteiger partial charge in [-0.25, -0.2) is 0 Å². The van der Waals surface area contributed by atoms with Gasteiger partial charge in [-0.15, -0.1) is 0 Å². The summed E-state index contributed by atoms with van der Waals surface area (Å²) in [5, 5.41) is 7.76. The summed E-state index contributed by atoms with van der Waals surface area (Å²) < 4.78 is 7.45. The second-order valence-electron chi connectivity index (χ2n) is 6.60. The Balaban J connectivity index is 1.69. The lowest BCUT2D eigenvalue weighted by atomic mass is 10.1. The molecular weight excluding hydrogens is 300 g/mol. The minimum Gasteiger partial charge on any atom is -0.496 e. The lowest BCUT2D eigenvalue weighted by Crippen LogP contribution is -2.29. The van der Waals surface area contributed by atoms with E-state index in [4.69, 9.17) is 4.74 Å². The number of ether oxygens (including phenoxy) is 1. The second-order valence-corrected chi connectivity index (χ2v) is 6.60. The fraction of sp³-hybridized carbons (Fsp3) is 0.526. The Kier molecular flexibility index (Phi) is 5.41. The quantitative estimate of drug-likeness (QED) is 0.883. The van der Waals surface area contributed by atoms with Gasteiger partial charge < -0.3 is 10.1 Å². The highest BCUT2D eigenvalue weighted by Gasteiger charge is 2.13. The van der Waals surface area contributed by atoms with Crippen LogP contribution in [0.5, 0.6) is 5.75 Å². The van der Waals surface area contributed by atoms with Crippen LogP contribution < -0.4 is 10.1 Å². The third-order valence-electron chi connectivity index (χ3n) is 4.91. The van der Waals surface area contributed by atoms with Crippen LogP contribution in [0.25, 0.3) is 0 Å². The Labute approximate surface area is 144 Å². The first kappa shape index (κ1) is 16.8. The maximum absolute atomic E-state index is 5.57. The molecule has 0 radical (unpaired) electrons. The van der Waals surface area contributed by atoms with Crippen molar-refractivity contribution < 1.29 is 4.74 Å². The summed E-state index contributed by atoms with van der Waals surface area (Å²) in [5.74, 6) is 0.988. The highest BCUT2D eigenvalue weighted by molar-refractivity contribution is 5.47. The molecule has 1 fully saturated rings. The van der Waals surface area contributed by atoms with Crippen molar-refractivity contribution >= 4 is 5.69 Å². The first-order chi connectivity index (χ1) is 11.7. The second kappa shape index (κ2) is 7.71. The number of aryl methyl sites for hydroxylation is 1. The number of methoxy groups -OCH3 is 1. The van der Waals surface area contributed by atoms with E-state index < -0.39 is 0 Å². The van der Waals surface area contributed by atoms with Crippen LogP contribution in [0.4, 0.5) is 5.69 Å². The van der Waals surface area contributed by atoms with Crippen LogP contribution in [0, 0.1) is 6.92 Å². The number of hydrogen-bond donors (Lipinski definition) is 1. The van der Waals surface area contributed by atoms with Gasteiger partial charge in [0.15, 0.2) is 0 Å². The van der Waals surface area contributed by atoms with Crippen LogP contribution in [0.3, 0.4) is 0 Å². The predicted molar refractivity (Wildman–Crippen MR) is 97.4 cm³/mol. The van der Waals surface area contributed by atoms with Crippen molar-refractivity contribution in [3.8, 4) is 5.75 Å². The van der Waals surface area contributed by atoms with Crippen molar-refractivity contribution in [3.63, 3.8) is 0 Å². The van der Waals surface area contributed by atoms with Gasteiger partial charge in [-0.2, -0.15) is 5.10 Å². The van der Waals surface area contributed by atoms with E-state index in [0.717, 1.165) is 30.2 Å². The Bertz CT molecular complexity index is 674. The summed E-state index contributed by atoms with van der Waals surface area (Å²) in [6, 6.07) is 6.50. The highest BCUT2D eigenvalue weighted by atomic mass is 16.5. The largest absolute Gasteiger partial charge is 0.496 e. The molecule has 1 N–H and O–H groups in total. The Morgan fingerprint density at radius 3 is 2.67 bits per heavy atom. The van der Waals surface area contributed by atoms with Crippen LogP contribution >= 0.6 is 0 Å². The zero-order valence-electron chi connectivity index (χ0n) is 15.0. The maximum atomic E-state index is 5.57. The molecule has 0 saturated carbocycles. The third-order valence-corrected chi connectivity index (χ3v) is 4.91. The number of likely N-dealkylation sites (tertiary alicyclic amines) is 1. The van der Waals surface area contributed by atoms with E-state index in [1.807, 2.05) is 17.9 Å². The first-order valence-electron chi connectivity index (χ1n) is 8.78. The summed E-state index contributed by atoms with van der Waals surface area (Å²) in [7, 11) is 3.72. The maximum Gasteiger partial charge on any atom is 0.123 e. The molecule has 1 aromatic heterocycles. The standard InChI is InChI=1S/C19H28N4O/c1-15-18(13-21-22(15)2)20-12-16-7-8-19(24-3)17(11-16)14-23-9-5-4-6-10-23/h7-8,11,13,20H,4-6,9-10,12,14H2,1-3H3. The minimum absolute atomic E-state index is 0.795. The van der Waals surface area contributed by atoms with Crippen LogP contribution in [0.1, 0.15) is 36.1 Å². The van der Waals surface area contributed by atoms with Crippen molar-refractivity contribution in [1.82, 2.24) is 14.7 Å². The van der Waals surface area contributed by atoms with Crippen molar-refractivity contribution in [2.75, 3.05) is 25.5 Å². The average Bonchev–Trinajstić information content (AvgIpc) is 2.93. The van der Waals surface area contributed by atoms with Crippen LogP contribution in [-0.4, -0.2) is 34.9 Å². The topological polar surface area (TPSA) is 42.3 Å². The molecule has 1 aromatic carbocycles. The Morgan fingerprint density at radius 2 is 2.00 bits per heavy atom. The summed E-state index contributed by atoms with van der Waals surface area (Å²) in [4.78, 5) is 2.53. The van der Waals surface area contributed by atoms with E-state index in [2.05, 4.69) is 40.4 Å². The van der Waals surface area contributed by atoms with Crippen LogP contribution in [-0.2, 0) is 20.1 Å². The van der Waals surface area contributed by atoms with E-state index in [1.54, 1.807) is 7.11 Å². The fourth-order valence-corrected chi connectivity index (χ4v) is 3.29. The number of anilines is 1. The van der Waals surface area contributed by atoms with E-state index in [1.165, 1.54) is 43.5 Å². The van der Waals surface area contributed by atoms with Gasteiger partial charge in [-0.1, -0.05) is 12.5 Å². The number of benzene rings is 1. The van der Waals surface area contributed by atoms with Crippen LogP contribution in [0.15, 0.2) is 24.4 Å². The molecule has 1 aliphatic heterocycles. The molecule has 0 unspecified atom stereocenters. The molecule has 0 amide bonds. The highest BCUT2D eigenvalue weighted by Crippen LogP contribution is 2.24. The number of aromatic nitrogens is 2. The molecule has 130 valence electrons. The number of nitrogens with zero attached hydrogens (tertiary/aromatic N) is 3. The first-order valence-corrected chi connectivity index (χ1v) is 8.78. The molecule has 1 aliphatic rings. The molecule has 0 bridgehead atoms. The summed E-state index contributed by atoms with van der Waals surface area (Å²) >= 11 is 0. The fourth-order valence-electron chi connectivity index (χ4n) is 3.29. The molecule has 24 heavy (non-hydrogen) atoms. The van der Waals surface area contributed by atoms with Gasteiger partial charge in [0, 0.05) is 25.7 Å². The van der Waals surface area contributed by atoms with E-state index in [-0.39, 0.29) is 0 Å². The normalized spacial score (nSPS) is 15.5. The smallest absolute Gasteiger partial charge is 0.123 e. The number of piperidine rings is 1. The number of nitrogens with one attached hydrogen (secondary N) is 1. The summed E-state index contributed by atoms with van der Waals surface area (Å²) in [6.07, 6.45) is 5.86. The van der Waals surface area contributed by atoms with Crippen molar-refractivity contribution in [3.05, 3.63) is 41.2 Å². The lowest BCUT2D eigenvalue weighted by Gasteiger charge is -2.27. The van der Waals surface area contributed by atoms with E-state index >= 15 is 0 Å². The summed E-state index contributed by atoms with van der Waals surface area (Å²) in [6.45, 7) is 6.23. The van der Waals surface area contributed by atoms with Gasteiger partial charge in [0.1, 0.15) is 5.75 Å². The SMILES string of the molecule is COc1ccc(CNc2cnn(C)c2C)cc1CN1CCCCC1. The number of rotatable bonds is 6. The van der Waals surface area contributed by atoms with Gasteiger partial charge >= 0.3 is 0 Å². The van der Waals surface area contributed by atoms with Crippen molar-refractivity contribution in [1.29, 1.82) is 0 Å². The predicted octanol–water partition coefficient (Wildman–Crippen LogP) is 3.34. The number of hydrogen-bond acceptors (Lipinski definition) is 4. The van der Waals surface area contributed by atoms with Gasteiger partial charge in [0.25, 0.3) is 0 Å².